The zero-order valence-corrected chi connectivity index (χ0v) is 14.7. The smallest absolute Gasteiger partial charge is 0.193 e. The first kappa shape index (κ1) is 15.5. The Kier molecular flexibility index (Phi) is 5.17. The number of rotatable bonds is 4. The predicted molar refractivity (Wildman–Crippen MR) is 90.5 cm³/mol. The van der Waals surface area contributed by atoms with Crippen molar-refractivity contribution >= 4 is 37.6 Å². The summed E-state index contributed by atoms with van der Waals surface area (Å²) < 4.78 is 1.81. The van der Waals surface area contributed by atoms with Crippen LogP contribution < -0.4 is 0 Å². The maximum absolute atomic E-state index is 12.8. The van der Waals surface area contributed by atoms with Crippen LogP contribution >= 0.6 is 31.9 Å². The van der Waals surface area contributed by atoms with Gasteiger partial charge in [-0.1, -0.05) is 57.8 Å². The SMILES string of the molecule is CCc1ccc(CC)c(C(=O)c2cc(Br)cc(Br)c2)c1. The molecule has 1 nitrogen and oxygen atoms in total. The fourth-order valence-electron chi connectivity index (χ4n) is 2.20. The zero-order valence-electron chi connectivity index (χ0n) is 11.5. The number of benzene rings is 2. The monoisotopic (exact) mass is 394 g/mol. The molecule has 0 aliphatic rings. The molecule has 0 unspecified atom stereocenters. The molecule has 0 aromatic heterocycles. The first-order valence-electron chi connectivity index (χ1n) is 6.67. The molecule has 0 N–H and O–H groups in total. The molecule has 0 atom stereocenters. The Bertz CT molecular complexity index is 627. The normalized spacial score (nSPS) is 10.6. The molecule has 0 bridgehead atoms. The molecule has 104 valence electrons. The summed E-state index contributed by atoms with van der Waals surface area (Å²) in [5, 5.41) is 0. The van der Waals surface area contributed by atoms with E-state index < -0.39 is 0 Å². The van der Waals surface area contributed by atoms with Crippen molar-refractivity contribution in [3.05, 3.63) is 67.6 Å². The highest BCUT2D eigenvalue weighted by molar-refractivity contribution is 9.11. The molecule has 0 spiro atoms. The van der Waals surface area contributed by atoms with E-state index in [2.05, 4.69) is 57.8 Å². The Balaban J connectivity index is 2.51. The van der Waals surface area contributed by atoms with Gasteiger partial charge in [-0.15, -0.1) is 0 Å². The van der Waals surface area contributed by atoms with Crippen LogP contribution in [0.15, 0.2) is 45.3 Å². The lowest BCUT2D eigenvalue weighted by molar-refractivity contribution is 0.103. The highest BCUT2D eigenvalue weighted by atomic mass is 79.9. The Labute approximate surface area is 136 Å². The zero-order chi connectivity index (χ0) is 14.7. The lowest BCUT2D eigenvalue weighted by Gasteiger charge is -2.10. The quantitative estimate of drug-likeness (QED) is 0.618. The van der Waals surface area contributed by atoms with Gasteiger partial charge in [-0.25, -0.2) is 0 Å². The first-order valence-corrected chi connectivity index (χ1v) is 8.26. The summed E-state index contributed by atoms with van der Waals surface area (Å²) in [6.45, 7) is 4.18. The standard InChI is InChI=1S/C17H16Br2O/c1-3-11-5-6-12(4-2)16(7-11)17(20)13-8-14(18)10-15(19)9-13/h5-10H,3-4H2,1-2H3. The van der Waals surface area contributed by atoms with Gasteiger partial charge in [0, 0.05) is 20.1 Å². The number of halogens is 2. The van der Waals surface area contributed by atoms with E-state index in [1.807, 2.05) is 24.3 Å². The van der Waals surface area contributed by atoms with Gasteiger partial charge in [-0.3, -0.25) is 4.79 Å². The molecule has 0 saturated carbocycles. The molecule has 0 fully saturated rings. The summed E-state index contributed by atoms with van der Waals surface area (Å²) in [5.41, 5.74) is 3.81. The fraction of sp³-hybridized carbons (Fsp3) is 0.235. The first-order chi connectivity index (χ1) is 9.55. The van der Waals surface area contributed by atoms with Gasteiger partial charge in [0.05, 0.1) is 0 Å². The van der Waals surface area contributed by atoms with Crippen molar-refractivity contribution < 1.29 is 4.79 Å². The molecule has 0 heterocycles. The summed E-state index contributed by atoms with van der Waals surface area (Å²) >= 11 is 6.87. The molecule has 3 heteroatoms. The van der Waals surface area contributed by atoms with Crippen molar-refractivity contribution in [3.63, 3.8) is 0 Å². The van der Waals surface area contributed by atoms with Crippen molar-refractivity contribution in [1.29, 1.82) is 0 Å². The predicted octanol–water partition coefficient (Wildman–Crippen LogP) is 5.57. The van der Waals surface area contributed by atoms with E-state index in [9.17, 15) is 4.79 Å². The number of hydrogen-bond donors (Lipinski definition) is 0. The Hall–Kier alpha value is -0.930. The van der Waals surface area contributed by atoms with Gasteiger partial charge in [0.15, 0.2) is 5.78 Å². The van der Waals surface area contributed by atoms with Crippen LogP contribution in [0.4, 0.5) is 0 Å². The second-order valence-corrected chi connectivity index (χ2v) is 6.52. The molecule has 2 aromatic rings. The topological polar surface area (TPSA) is 17.1 Å². The molecule has 0 amide bonds. The van der Waals surface area contributed by atoms with E-state index in [1.54, 1.807) is 0 Å². The van der Waals surface area contributed by atoms with Crippen LogP contribution in [0, 0.1) is 0 Å². The van der Waals surface area contributed by atoms with Gasteiger partial charge >= 0.3 is 0 Å². The van der Waals surface area contributed by atoms with E-state index in [-0.39, 0.29) is 5.78 Å². The molecule has 0 radical (unpaired) electrons. The second kappa shape index (κ2) is 6.68. The minimum Gasteiger partial charge on any atom is -0.289 e. The van der Waals surface area contributed by atoms with Gasteiger partial charge in [0.25, 0.3) is 0 Å². The highest BCUT2D eigenvalue weighted by Crippen LogP contribution is 2.24. The molecule has 2 aromatic carbocycles. The molecular weight excluding hydrogens is 380 g/mol. The van der Waals surface area contributed by atoms with Gasteiger partial charge < -0.3 is 0 Å². The number of carbonyl (C=O) groups excluding carboxylic acids is 1. The summed E-state index contributed by atoms with van der Waals surface area (Å²) in [6.07, 6.45) is 1.80. The number of aryl methyl sites for hydroxylation is 2. The van der Waals surface area contributed by atoms with Crippen molar-refractivity contribution in [3.8, 4) is 0 Å². The third kappa shape index (κ3) is 3.39. The number of hydrogen-bond acceptors (Lipinski definition) is 1. The van der Waals surface area contributed by atoms with E-state index >= 15 is 0 Å². The van der Waals surface area contributed by atoms with Crippen LogP contribution in [-0.4, -0.2) is 5.78 Å². The fourth-order valence-corrected chi connectivity index (χ4v) is 3.50. The second-order valence-electron chi connectivity index (χ2n) is 4.69. The minimum atomic E-state index is 0.0825. The molecule has 0 saturated heterocycles. The lowest BCUT2D eigenvalue weighted by Crippen LogP contribution is -2.06. The molecule has 0 aliphatic heterocycles. The summed E-state index contributed by atoms with van der Waals surface area (Å²) in [5.74, 6) is 0.0825. The lowest BCUT2D eigenvalue weighted by atomic mass is 9.94. The van der Waals surface area contributed by atoms with Crippen molar-refractivity contribution in [1.82, 2.24) is 0 Å². The number of carbonyl (C=O) groups is 1. The molecule has 0 aliphatic carbocycles. The summed E-state index contributed by atoms with van der Waals surface area (Å²) in [6, 6.07) is 11.9. The van der Waals surface area contributed by atoms with Crippen molar-refractivity contribution in [2.45, 2.75) is 26.7 Å². The van der Waals surface area contributed by atoms with Crippen LogP contribution in [-0.2, 0) is 12.8 Å². The van der Waals surface area contributed by atoms with Gasteiger partial charge in [-0.2, -0.15) is 0 Å². The third-order valence-electron chi connectivity index (χ3n) is 3.33. The van der Waals surface area contributed by atoms with Crippen LogP contribution in [0.5, 0.6) is 0 Å². The maximum atomic E-state index is 12.8. The Morgan fingerprint density at radius 1 is 0.950 bits per heavy atom. The van der Waals surface area contributed by atoms with Gasteiger partial charge in [0.2, 0.25) is 0 Å². The van der Waals surface area contributed by atoms with E-state index in [0.29, 0.717) is 5.56 Å². The van der Waals surface area contributed by atoms with Crippen LogP contribution in [0.3, 0.4) is 0 Å². The minimum absolute atomic E-state index is 0.0825. The van der Waals surface area contributed by atoms with Crippen molar-refractivity contribution in [2.75, 3.05) is 0 Å². The summed E-state index contributed by atoms with van der Waals surface area (Å²) in [4.78, 5) is 12.8. The van der Waals surface area contributed by atoms with Crippen LogP contribution in [0.25, 0.3) is 0 Å². The third-order valence-corrected chi connectivity index (χ3v) is 4.25. The molecule has 2 rings (SSSR count). The average molecular weight is 396 g/mol. The van der Waals surface area contributed by atoms with E-state index in [0.717, 1.165) is 32.9 Å². The van der Waals surface area contributed by atoms with Crippen LogP contribution in [0.1, 0.15) is 40.9 Å². The van der Waals surface area contributed by atoms with Crippen LogP contribution in [0.2, 0.25) is 0 Å². The Morgan fingerprint density at radius 2 is 1.60 bits per heavy atom. The largest absolute Gasteiger partial charge is 0.289 e. The molecular formula is C17H16Br2O. The van der Waals surface area contributed by atoms with Gasteiger partial charge in [0.1, 0.15) is 0 Å². The van der Waals surface area contributed by atoms with E-state index in [1.165, 1.54) is 5.56 Å². The van der Waals surface area contributed by atoms with Gasteiger partial charge in [-0.05, 0) is 48.2 Å². The molecule has 20 heavy (non-hydrogen) atoms. The summed E-state index contributed by atoms with van der Waals surface area (Å²) in [7, 11) is 0. The average Bonchev–Trinajstić information content (AvgIpc) is 2.44. The highest BCUT2D eigenvalue weighted by Gasteiger charge is 2.14. The van der Waals surface area contributed by atoms with Crippen molar-refractivity contribution in [2.24, 2.45) is 0 Å². The number of ketones is 1. The Morgan fingerprint density at radius 3 is 2.15 bits per heavy atom. The van der Waals surface area contributed by atoms with E-state index in [4.69, 9.17) is 0 Å². The maximum Gasteiger partial charge on any atom is 0.193 e.